The monoisotopic (exact) mass is 286 g/mol. The largest absolute Gasteiger partial charge is 0.328 e. The summed E-state index contributed by atoms with van der Waals surface area (Å²) in [6.07, 6.45) is 3.46. The van der Waals surface area contributed by atoms with Gasteiger partial charge >= 0.3 is 5.69 Å². The van der Waals surface area contributed by atoms with E-state index in [-0.39, 0.29) is 17.8 Å². The van der Waals surface area contributed by atoms with E-state index in [1.807, 2.05) is 0 Å². The first-order valence-corrected chi connectivity index (χ1v) is 5.89. The molecular weight excluding hydrogens is 276 g/mol. The number of H-pyrrole nitrogens is 1. The summed E-state index contributed by atoms with van der Waals surface area (Å²) in [5.74, 6) is 0. The molecule has 0 fully saturated rings. The van der Waals surface area contributed by atoms with Gasteiger partial charge < -0.3 is 0 Å². The predicted molar refractivity (Wildman–Crippen MR) is 77.2 cm³/mol. The standard InChI is InChI=1S/C13H10N4O4/c18-12-10(5-6-14-20)8-17(13(19)15-12)7-9-1-3-11(16-21)4-2-9/h1-6,8H,7H2,(H,15,18,19)/b6-5+. The summed E-state index contributed by atoms with van der Waals surface area (Å²) in [5, 5.41) is 5.30. The molecule has 0 aliphatic carbocycles. The molecule has 0 aliphatic rings. The minimum absolute atomic E-state index is 0.139. The predicted octanol–water partition coefficient (Wildman–Crippen LogP) is 1.72. The molecule has 0 spiro atoms. The van der Waals surface area contributed by atoms with Crippen LogP contribution < -0.4 is 11.2 Å². The van der Waals surface area contributed by atoms with E-state index >= 15 is 0 Å². The zero-order chi connectivity index (χ0) is 15.2. The van der Waals surface area contributed by atoms with Gasteiger partial charge in [0.2, 0.25) is 0 Å². The van der Waals surface area contributed by atoms with Crippen LogP contribution in [-0.2, 0) is 6.54 Å². The maximum atomic E-state index is 11.7. The average Bonchev–Trinajstić information content (AvgIpc) is 2.49. The fourth-order valence-corrected chi connectivity index (χ4v) is 1.73. The lowest BCUT2D eigenvalue weighted by Crippen LogP contribution is -2.31. The molecule has 0 unspecified atom stereocenters. The van der Waals surface area contributed by atoms with Gasteiger partial charge in [-0.05, 0) is 34.1 Å². The molecule has 0 aliphatic heterocycles. The molecule has 21 heavy (non-hydrogen) atoms. The fourth-order valence-electron chi connectivity index (χ4n) is 1.73. The molecule has 1 heterocycles. The fraction of sp³-hybridized carbons (Fsp3) is 0.0769. The van der Waals surface area contributed by atoms with E-state index in [1.54, 1.807) is 12.1 Å². The first-order valence-electron chi connectivity index (χ1n) is 5.89. The van der Waals surface area contributed by atoms with Crippen LogP contribution >= 0.6 is 0 Å². The number of nitroso groups, excluding NO2 is 2. The lowest BCUT2D eigenvalue weighted by molar-refractivity contribution is 0.718. The Kier molecular flexibility index (Phi) is 4.30. The van der Waals surface area contributed by atoms with Crippen molar-refractivity contribution in [3.63, 3.8) is 0 Å². The molecule has 0 saturated carbocycles. The van der Waals surface area contributed by atoms with Crippen LogP contribution in [0.4, 0.5) is 5.69 Å². The van der Waals surface area contributed by atoms with Crippen LogP contribution in [0.3, 0.4) is 0 Å². The zero-order valence-corrected chi connectivity index (χ0v) is 10.7. The molecule has 2 rings (SSSR count). The molecule has 0 amide bonds. The minimum Gasteiger partial charge on any atom is -0.296 e. The first kappa shape index (κ1) is 14.3. The number of aromatic amines is 1. The maximum absolute atomic E-state index is 11.7. The van der Waals surface area contributed by atoms with Crippen LogP contribution in [0.1, 0.15) is 11.1 Å². The molecular formula is C13H10N4O4. The summed E-state index contributed by atoms with van der Waals surface area (Å²) < 4.78 is 1.27. The molecule has 0 radical (unpaired) electrons. The first-order chi connectivity index (χ1) is 10.1. The highest BCUT2D eigenvalue weighted by Crippen LogP contribution is 2.12. The van der Waals surface area contributed by atoms with Crippen molar-refractivity contribution in [3.05, 3.63) is 78.4 Å². The number of hydrogen-bond donors (Lipinski definition) is 1. The van der Waals surface area contributed by atoms with E-state index in [4.69, 9.17) is 0 Å². The average molecular weight is 286 g/mol. The maximum Gasteiger partial charge on any atom is 0.328 e. The van der Waals surface area contributed by atoms with Gasteiger partial charge in [-0.25, -0.2) is 4.79 Å². The molecule has 106 valence electrons. The number of nitrogens with one attached hydrogen (secondary N) is 1. The minimum atomic E-state index is -0.600. The number of benzene rings is 1. The Morgan fingerprint density at radius 3 is 2.48 bits per heavy atom. The molecule has 1 N–H and O–H groups in total. The molecule has 0 atom stereocenters. The summed E-state index contributed by atoms with van der Waals surface area (Å²) >= 11 is 0. The molecule has 8 heteroatoms. The van der Waals surface area contributed by atoms with Crippen LogP contribution in [0.15, 0.2) is 56.6 Å². The second-order valence-electron chi connectivity index (χ2n) is 4.15. The van der Waals surface area contributed by atoms with Gasteiger partial charge in [0.05, 0.1) is 18.3 Å². The van der Waals surface area contributed by atoms with Gasteiger partial charge in [0.1, 0.15) is 5.69 Å². The third-order valence-corrected chi connectivity index (χ3v) is 2.75. The van der Waals surface area contributed by atoms with Gasteiger partial charge in [-0.1, -0.05) is 12.1 Å². The lowest BCUT2D eigenvalue weighted by atomic mass is 10.2. The molecule has 2 aromatic rings. The van der Waals surface area contributed by atoms with E-state index in [9.17, 15) is 19.4 Å². The van der Waals surface area contributed by atoms with Crippen molar-refractivity contribution in [1.82, 2.24) is 9.55 Å². The van der Waals surface area contributed by atoms with E-state index in [0.717, 1.165) is 11.8 Å². The summed E-state index contributed by atoms with van der Waals surface area (Å²) in [5.41, 5.74) is -0.000862. The van der Waals surface area contributed by atoms with Crippen LogP contribution in [-0.4, -0.2) is 9.55 Å². The van der Waals surface area contributed by atoms with E-state index < -0.39 is 11.2 Å². The van der Waals surface area contributed by atoms with Crippen molar-refractivity contribution in [2.45, 2.75) is 6.54 Å². The zero-order valence-electron chi connectivity index (χ0n) is 10.7. The number of rotatable bonds is 5. The highest BCUT2D eigenvalue weighted by molar-refractivity contribution is 5.46. The van der Waals surface area contributed by atoms with Crippen molar-refractivity contribution in [2.24, 2.45) is 10.4 Å². The van der Waals surface area contributed by atoms with Crippen LogP contribution in [0, 0.1) is 9.81 Å². The molecule has 1 aromatic heterocycles. The smallest absolute Gasteiger partial charge is 0.296 e. The lowest BCUT2D eigenvalue weighted by Gasteiger charge is -2.06. The normalized spacial score (nSPS) is 10.7. The van der Waals surface area contributed by atoms with Gasteiger partial charge in [-0.2, -0.15) is 0 Å². The van der Waals surface area contributed by atoms with E-state index in [1.165, 1.54) is 29.0 Å². The Labute approximate surface area is 117 Å². The highest BCUT2D eigenvalue weighted by Gasteiger charge is 2.03. The third-order valence-electron chi connectivity index (χ3n) is 2.75. The quantitative estimate of drug-likeness (QED) is 0.842. The molecule has 0 saturated heterocycles. The third kappa shape index (κ3) is 3.44. The van der Waals surface area contributed by atoms with Crippen LogP contribution in [0.2, 0.25) is 0 Å². The number of aromatic nitrogens is 2. The Bertz CT molecular complexity index is 802. The Morgan fingerprint density at radius 1 is 1.14 bits per heavy atom. The van der Waals surface area contributed by atoms with Crippen molar-refractivity contribution in [2.75, 3.05) is 0 Å². The highest BCUT2D eigenvalue weighted by atomic mass is 16.3. The van der Waals surface area contributed by atoms with Crippen LogP contribution in [0.25, 0.3) is 6.08 Å². The number of hydrogen-bond acceptors (Lipinski definition) is 6. The van der Waals surface area contributed by atoms with Gasteiger partial charge in [0.15, 0.2) is 0 Å². The van der Waals surface area contributed by atoms with Gasteiger partial charge in [-0.15, -0.1) is 9.81 Å². The van der Waals surface area contributed by atoms with E-state index in [2.05, 4.69) is 15.3 Å². The number of nitrogens with zero attached hydrogens (tertiary/aromatic N) is 3. The van der Waals surface area contributed by atoms with Crippen molar-refractivity contribution < 1.29 is 0 Å². The van der Waals surface area contributed by atoms with Crippen molar-refractivity contribution >= 4 is 11.8 Å². The molecule has 0 bridgehead atoms. The SMILES string of the molecule is O=N/C=C/c1cn(Cc2ccc(N=O)cc2)c(=O)[nH]c1=O. The van der Waals surface area contributed by atoms with Crippen molar-refractivity contribution in [3.8, 4) is 0 Å². The Balaban J connectivity index is 2.36. The summed E-state index contributed by atoms with van der Waals surface area (Å²) in [4.78, 5) is 45.8. The second kappa shape index (κ2) is 6.33. The van der Waals surface area contributed by atoms with Gasteiger partial charge in [-0.3, -0.25) is 14.3 Å². The summed E-state index contributed by atoms with van der Waals surface area (Å²) in [6, 6.07) is 6.35. The molecule has 1 aromatic carbocycles. The Hall–Kier alpha value is -3.16. The van der Waals surface area contributed by atoms with Crippen molar-refractivity contribution in [1.29, 1.82) is 0 Å². The van der Waals surface area contributed by atoms with Crippen LogP contribution in [0.5, 0.6) is 0 Å². The summed E-state index contributed by atoms with van der Waals surface area (Å²) in [7, 11) is 0. The summed E-state index contributed by atoms with van der Waals surface area (Å²) in [6.45, 7) is 0.199. The topological polar surface area (TPSA) is 114 Å². The van der Waals surface area contributed by atoms with Gasteiger partial charge in [0.25, 0.3) is 5.56 Å². The second-order valence-corrected chi connectivity index (χ2v) is 4.15. The molecule has 8 nitrogen and oxygen atoms in total. The van der Waals surface area contributed by atoms with Gasteiger partial charge in [0, 0.05) is 6.20 Å². The Morgan fingerprint density at radius 2 is 1.86 bits per heavy atom. The van der Waals surface area contributed by atoms with E-state index in [0.29, 0.717) is 0 Å².